The van der Waals surface area contributed by atoms with Crippen LogP contribution in [0, 0.1) is 5.41 Å². The Morgan fingerprint density at radius 1 is 1.39 bits per heavy atom. The number of hydrogen-bond donors (Lipinski definition) is 2. The van der Waals surface area contributed by atoms with Gasteiger partial charge in [-0.25, -0.2) is 0 Å². The van der Waals surface area contributed by atoms with E-state index in [1.54, 1.807) is 0 Å². The molecule has 1 aromatic rings. The zero-order valence-electron chi connectivity index (χ0n) is 10.6. The minimum atomic E-state index is -0.194. The van der Waals surface area contributed by atoms with Gasteiger partial charge in [-0.15, -0.1) is 11.8 Å². The molecule has 3 rings (SSSR count). The van der Waals surface area contributed by atoms with Gasteiger partial charge in [0.1, 0.15) is 0 Å². The number of nitrogens with two attached hydrogens (primary N) is 1. The zero-order valence-corrected chi connectivity index (χ0v) is 11.5. The number of benzene rings is 1. The molecule has 2 aliphatic rings. The van der Waals surface area contributed by atoms with Crippen LogP contribution in [0.5, 0.6) is 0 Å². The van der Waals surface area contributed by atoms with Crippen molar-refractivity contribution in [2.24, 2.45) is 11.1 Å². The van der Waals surface area contributed by atoms with Crippen molar-refractivity contribution in [3.05, 3.63) is 29.8 Å². The highest BCUT2D eigenvalue weighted by atomic mass is 32.2. The Balaban J connectivity index is 1.81. The highest BCUT2D eigenvalue weighted by Gasteiger charge is 2.43. The lowest BCUT2D eigenvalue weighted by atomic mass is 9.75. The van der Waals surface area contributed by atoms with Crippen molar-refractivity contribution in [2.45, 2.75) is 42.6 Å². The van der Waals surface area contributed by atoms with Gasteiger partial charge in [-0.1, -0.05) is 24.6 Å². The van der Waals surface area contributed by atoms with E-state index in [0.29, 0.717) is 12.5 Å². The van der Waals surface area contributed by atoms with Crippen molar-refractivity contribution in [3.63, 3.8) is 0 Å². The number of fused-ring (bicyclic) bond motifs is 1. The van der Waals surface area contributed by atoms with Crippen LogP contribution < -0.4 is 5.73 Å². The zero-order chi connectivity index (χ0) is 12.6. The summed E-state index contributed by atoms with van der Waals surface area (Å²) < 4.78 is 0. The SMILES string of the molecule is NCC1(CC2CSc3ccccc32)CCCC1O. The second kappa shape index (κ2) is 4.87. The second-order valence-corrected chi connectivity index (χ2v) is 6.79. The molecular formula is C15H21NOS. The summed E-state index contributed by atoms with van der Waals surface area (Å²) in [6.07, 6.45) is 4.00. The number of aliphatic hydroxyl groups excluding tert-OH is 1. The van der Waals surface area contributed by atoms with Gasteiger partial charge in [0.05, 0.1) is 6.10 Å². The van der Waals surface area contributed by atoms with E-state index < -0.39 is 0 Å². The molecular weight excluding hydrogens is 242 g/mol. The maximum atomic E-state index is 10.3. The average Bonchev–Trinajstić information content (AvgIpc) is 2.96. The predicted molar refractivity (Wildman–Crippen MR) is 75.9 cm³/mol. The summed E-state index contributed by atoms with van der Waals surface area (Å²) in [4.78, 5) is 1.42. The Hall–Kier alpha value is -0.510. The molecule has 3 atom stereocenters. The molecule has 1 saturated carbocycles. The van der Waals surface area contributed by atoms with Crippen LogP contribution in [-0.4, -0.2) is 23.5 Å². The number of hydrogen-bond acceptors (Lipinski definition) is 3. The van der Waals surface area contributed by atoms with Crippen LogP contribution in [0.3, 0.4) is 0 Å². The Bertz CT molecular complexity index is 436. The highest BCUT2D eigenvalue weighted by molar-refractivity contribution is 7.99. The number of aliphatic hydroxyl groups is 1. The Kier molecular flexibility index (Phi) is 3.39. The molecule has 1 aliphatic carbocycles. The largest absolute Gasteiger partial charge is 0.393 e. The van der Waals surface area contributed by atoms with E-state index in [1.165, 1.54) is 10.5 Å². The standard InChI is InChI=1S/C15H21NOS/c16-10-15(7-3-6-14(15)17)8-11-9-18-13-5-2-1-4-12(11)13/h1-2,4-5,11,14,17H,3,6-10,16H2. The third-order valence-electron chi connectivity index (χ3n) is 4.72. The first-order valence-corrected chi connectivity index (χ1v) is 7.83. The quantitative estimate of drug-likeness (QED) is 0.881. The number of thioether (sulfide) groups is 1. The molecule has 1 heterocycles. The van der Waals surface area contributed by atoms with Crippen molar-refractivity contribution in [2.75, 3.05) is 12.3 Å². The van der Waals surface area contributed by atoms with E-state index >= 15 is 0 Å². The molecule has 0 saturated heterocycles. The van der Waals surface area contributed by atoms with Gasteiger partial charge in [-0.2, -0.15) is 0 Å². The second-order valence-electron chi connectivity index (χ2n) is 5.72. The van der Waals surface area contributed by atoms with Crippen LogP contribution in [0.2, 0.25) is 0 Å². The molecule has 0 aromatic heterocycles. The van der Waals surface area contributed by atoms with Crippen LogP contribution in [0.4, 0.5) is 0 Å². The molecule has 3 unspecified atom stereocenters. The number of rotatable bonds is 3. The fourth-order valence-electron chi connectivity index (χ4n) is 3.57. The van der Waals surface area contributed by atoms with Gasteiger partial charge in [0, 0.05) is 22.6 Å². The van der Waals surface area contributed by atoms with Gasteiger partial charge in [0.15, 0.2) is 0 Å². The van der Waals surface area contributed by atoms with E-state index in [1.807, 2.05) is 11.8 Å². The molecule has 18 heavy (non-hydrogen) atoms. The van der Waals surface area contributed by atoms with Crippen molar-refractivity contribution in [1.82, 2.24) is 0 Å². The third-order valence-corrected chi connectivity index (χ3v) is 5.97. The molecule has 0 bridgehead atoms. The first-order valence-electron chi connectivity index (χ1n) is 6.85. The van der Waals surface area contributed by atoms with Crippen molar-refractivity contribution in [3.8, 4) is 0 Å². The molecule has 3 heteroatoms. The van der Waals surface area contributed by atoms with E-state index in [4.69, 9.17) is 5.73 Å². The molecule has 0 amide bonds. The lowest BCUT2D eigenvalue weighted by Gasteiger charge is -2.34. The summed E-state index contributed by atoms with van der Waals surface area (Å²) in [5.74, 6) is 1.72. The van der Waals surface area contributed by atoms with Crippen molar-refractivity contribution < 1.29 is 5.11 Å². The molecule has 98 valence electrons. The van der Waals surface area contributed by atoms with Gasteiger partial charge < -0.3 is 10.8 Å². The van der Waals surface area contributed by atoms with Gasteiger partial charge in [-0.3, -0.25) is 0 Å². The Morgan fingerprint density at radius 2 is 2.22 bits per heavy atom. The highest BCUT2D eigenvalue weighted by Crippen LogP contribution is 2.49. The minimum absolute atomic E-state index is 0.0251. The lowest BCUT2D eigenvalue weighted by molar-refractivity contribution is 0.0480. The van der Waals surface area contributed by atoms with Crippen LogP contribution in [0.1, 0.15) is 37.2 Å². The molecule has 0 radical (unpaired) electrons. The monoisotopic (exact) mass is 263 g/mol. The average molecular weight is 263 g/mol. The third kappa shape index (κ3) is 1.98. The first kappa shape index (κ1) is 12.5. The van der Waals surface area contributed by atoms with E-state index in [-0.39, 0.29) is 11.5 Å². The topological polar surface area (TPSA) is 46.2 Å². The fourth-order valence-corrected chi connectivity index (χ4v) is 4.82. The maximum Gasteiger partial charge on any atom is 0.0608 e. The molecule has 2 nitrogen and oxygen atoms in total. The van der Waals surface area contributed by atoms with Crippen LogP contribution in [0.15, 0.2) is 29.2 Å². The van der Waals surface area contributed by atoms with Gasteiger partial charge in [0.2, 0.25) is 0 Å². The molecule has 1 fully saturated rings. The van der Waals surface area contributed by atoms with Crippen molar-refractivity contribution >= 4 is 11.8 Å². The Labute approximate surface area is 113 Å². The fraction of sp³-hybridized carbons (Fsp3) is 0.600. The summed E-state index contributed by atoms with van der Waals surface area (Å²) in [6, 6.07) is 8.68. The smallest absolute Gasteiger partial charge is 0.0608 e. The summed E-state index contributed by atoms with van der Waals surface area (Å²) in [5, 5.41) is 10.3. The lowest BCUT2D eigenvalue weighted by Crippen LogP contribution is -2.39. The summed E-state index contributed by atoms with van der Waals surface area (Å²) in [6.45, 7) is 0.623. The maximum absolute atomic E-state index is 10.3. The normalized spacial score (nSPS) is 34.8. The van der Waals surface area contributed by atoms with Crippen LogP contribution in [-0.2, 0) is 0 Å². The van der Waals surface area contributed by atoms with Gasteiger partial charge >= 0.3 is 0 Å². The summed E-state index contributed by atoms with van der Waals surface area (Å²) in [7, 11) is 0. The van der Waals surface area contributed by atoms with Gasteiger partial charge in [-0.05, 0) is 36.8 Å². The minimum Gasteiger partial charge on any atom is -0.393 e. The van der Waals surface area contributed by atoms with E-state index in [9.17, 15) is 5.11 Å². The van der Waals surface area contributed by atoms with Gasteiger partial charge in [0.25, 0.3) is 0 Å². The van der Waals surface area contributed by atoms with E-state index in [2.05, 4.69) is 24.3 Å². The predicted octanol–water partition coefficient (Wildman–Crippen LogP) is 2.76. The molecule has 1 aromatic carbocycles. The Morgan fingerprint density at radius 3 is 2.94 bits per heavy atom. The van der Waals surface area contributed by atoms with Crippen molar-refractivity contribution in [1.29, 1.82) is 0 Å². The summed E-state index contributed by atoms with van der Waals surface area (Å²) >= 11 is 1.95. The van der Waals surface area contributed by atoms with Crippen LogP contribution in [0.25, 0.3) is 0 Å². The molecule has 3 N–H and O–H groups in total. The molecule has 1 aliphatic heterocycles. The van der Waals surface area contributed by atoms with E-state index in [0.717, 1.165) is 31.4 Å². The van der Waals surface area contributed by atoms with Crippen LogP contribution >= 0.6 is 11.8 Å². The first-order chi connectivity index (χ1) is 8.75. The molecule has 0 spiro atoms. The summed E-state index contributed by atoms with van der Waals surface area (Å²) in [5.41, 5.74) is 7.43.